The molecule has 1 aromatic rings. The maximum Gasteiger partial charge on any atom is 0.220 e. The standard InChI is InChI=1S/C11H16N2OS/c1-3-11(5-4-10(14)13-11)6-9-7-12-8(2)15-9/h7H,3-6H2,1-2H3,(H,13,14). The zero-order chi connectivity index (χ0) is 10.9. The lowest BCUT2D eigenvalue weighted by Gasteiger charge is -2.26. The van der Waals surface area contributed by atoms with Crippen LogP contribution in [0.15, 0.2) is 6.20 Å². The molecule has 1 unspecified atom stereocenters. The minimum absolute atomic E-state index is 0.00391. The van der Waals surface area contributed by atoms with E-state index >= 15 is 0 Å². The van der Waals surface area contributed by atoms with Crippen LogP contribution >= 0.6 is 11.3 Å². The Hall–Kier alpha value is -0.900. The average Bonchev–Trinajstić information content (AvgIpc) is 2.75. The van der Waals surface area contributed by atoms with Gasteiger partial charge in [-0.15, -0.1) is 11.3 Å². The molecule has 1 fully saturated rings. The minimum atomic E-state index is -0.00391. The molecule has 1 aliphatic rings. The number of aryl methyl sites for hydroxylation is 1. The number of hydrogen-bond acceptors (Lipinski definition) is 3. The van der Waals surface area contributed by atoms with E-state index in [0.29, 0.717) is 6.42 Å². The third-order valence-corrected chi connectivity index (χ3v) is 4.01. The van der Waals surface area contributed by atoms with Crippen molar-refractivity contribution in [2.75, 3.05) is 0 Å². The second-order valence-corrected chi connectivity index (χ2v) is 5.52. The second-order valence-electron chi connectivity index (χ2n) is 4.20. The quantitative estimate of drug-likeness (QED) is 0.854. The normalized spacial score (nSPS) is 25.6. The van der Waals surface area contributed by atoms with Crippen LogP contribution in [0.1, 0.15) is 36.1 Å². The zero-order valence-corrected chi connectivity index (χ0v) is 9.99. The van der Waals surface area contributed by atoms with Crippen LogP contribution in [0.5, 0.6) is 0 Å². The number of hydrogen-bond donors (Lipinski definition) is 1. The minimum Gasteiger partial charge on any atom is -0.350 e. The van der Waals surface area contributed by atoms with Crippen molar-refractivity contribution in [2.45, 2.75) is 45.1 Å². The summed E-state index contributed by atoms with van der Waals surface area (Å²) in [6.45, 7) is 4.15. The molecular formula is C11H16N2OS. The monoisotopic (exact) mass is 224 g/mol. The predicted octanol–water partition coefficient (Wildman–Crippen LogP) is 2.05. The van der Waals surface area contributed by atoms with E-state index in [9.17, 15) is 4.79 Å². The van der Waals surface area contributed by atoms with E-state index in [4.69, 9.17) is 0 Å². The Morgan fingerprint density at radius 3 is 2.93 bits per heavy atom. The molecule has 15 heavy (non-hydrogen) atoms. The van der Waals surface area contributed by atoms with Crippen molar-refractivity contribution in [3.63, 3.8) is 0 Å². The number of nitrogens with one attached hydrogen (secondary N) is 1. The number of carbonyl (C=O) groups is 1. The summed E-state index contributed by atoms with van der Waals surface area (Å²) < 4.78 is 0. The lowest BCUT2D eigenvalue weighted by molar-refractivity contribution is -0.119. The van der Waals surface area contributed by atoms with Crippen molar-refractivity contribution < 1.29 is 4.79 Å². The first kappa shape index (κ1) is 10.6. The molecule has 82 valence electrons. The molecule has 2 rings (SSSR count). The van der Waals surface area contributed by atoms with Gasteiger partial charge in [0.05, 0.1) is 5.01 Å². The summed E-state index contributed by atoms with van der Waals surface area (Å²) in [7, 11) is 0. The zero-order valence-electron chi connectivity index (χ0n) is 9.17. The first-order valence-electron chi connectivity index (χ1n) is 5.36. The Bertz CT molecular complexity index is 374. The van der Waals surface area contributed by atoms with Crippen LogP contribution in [0.4, 0.5) is 0 Å². The number of aromatic nitrogens is 1. The van der Waals surface area contributed by atoms with E-state index in [1.54, 1.807) is 11.3 Å². The van der Waals surface area contributed by atoms with Crippen LogP contribution in [-0.4, -0.2) is 16.4 Å². The fourth-order valence-corrected chi connectivity index (χ4v) is 3.06. The molecule has 1 atom stereocenters. The van der Waals surface area contributed by atoms with Crippen molar-refractivity contribution in [3.8, 4) is 0 Å². The molecule has 1 aromatic heterocycles. The van der Waals surface area contributed by atoms with Crippen molar-refractivity contribution in [3.05, 3.63) is 16.1 Å². The van der Waals surface area contributed by atoms with Crippen molar-refractivity contribution in [2.24, 2.45) is 0 Å². The number of rotatable bonds is 3. The molecule has 2 heterocycles. The first-order chi connectivity index (χ1) is 7.13. The van der Waals surface area contributed by atoms with Crippen molar-refractivity contribution in [1.82, 2.24) is 10.3 Å². The molecule has 0 aromatic carbocycles. The van der Waals surface area contributed by atoms with Gasteiger partial charge in [0, 0.05) is 29.5 Å². The Kier molecular flexibility index (Phi) is 2.78. The number of amides is 1. The van der Waals surface area contributed by atoms with Gasteiger partial charge in [-0.25, -0.2) is 4.98 Å². The Morgan fingerprint density at radius 2 is 2.47 bits per heavy atom. The molecule has 1 saturated heterocycles. The van der Waals surface area contributed by atoms with E-state index < -0.39 is 0 Å². The first-order valence-corrected chi connectivity index (χ1v) is 6.17. The van der Waals surface area contributed by atoms with Gasteiger partial charge in [-0.2, -0.15) is 0 Å². The van der Waals surface area contributed by atoms with Gasteiger partial charge in [-0.05, 0) is 19.8 Å². The number of thiazole rings is 1. The summed E-state index contributed by atoms with van der Waals surface area (Å²) in [5.74, 6) is 0.193. The number of carbonyl (C=O) groups excluding carboxylic acids is 1. The largest absolute Gasteiger partial charge is 0.350 e. The van der Waals surface area contributed by atoms with Gasteiger partial charge in [-0.1, -0.05) is 6.92 Å². The SMILES string of the molecule is CCC1(Cc2cnc(C)s2)CCC(=O)N1. The fraction of sp³-hybridized carbons (Fsp3) is 0.636. The van der Waals surface area contributed by atoms with E-state index in [-0.39, 0.29) is 11.4 Å². The summed E-state index contributed by atoms with van der Waals surface area (Å²) in [4.78, 5) is 16.8. The summed E-state index contributed by atoms with van der Waals surface area (Å²) in [6.07, 6.45) is 5.49. The maximum absolute atomic E-state index is 11.3. The third kappa shape index (κ3) is 2.20. The van der Waals surface area contributed by atoms with Gasteiger partial charge in [0.2, 0.25) is 5.91 Å². The molecular weight excluding hydrogens is 208 g/mol. The highest BCUT2D eigenvalue weighted by Gasteiger charge is 2.36. The van der Waals surface area contributed by atoms with E-state index in [2.05, 4.69) is 17.2 Å². The summed E-state index contributed by atoms with van der Waals surface area (Å²) in [5, 5.41) is 4.21. The molecule has 0 saturated carbocycles. The molecule has 1 amide bonds. The highest BCUT2D eigenvalue weighted by Crippen LogP contribution is 2.29. The van der Waals surface area contributed by atoms with E-state index in [1.165, 1.54) is 4.88 Å². The van der Waals surface area contributed by atoms with Gasteiger partial charge in [-0.3, -0.25) is 4.79 Å². The lowest BCUT2D eigenvalue weighted by Crippen LogP contribution is -2.42. The third-order valence-electron chi connectivity index (χ3n) is 3.09. The molecule has 1 N–H and O–H groups in total. The molecule has 0 bridgehead atoms. The second kappa shape index (κ2) is 3.93. The van der Waals surface area contributed by atoms with Gasteiger partial charge < -0.3 is 5.32 Å². The van der Waals surface area contributed by atoms with E-state index in [1.807, 2.05) is 13.1 Å². The predicted molar refractivity (Wildman–Crippen MR) is 61.0 cm³/mol. The van der Waals surface area contributed by atoms with Crippen LogP contribution in [0.3, 0.4) is 0 Å². The smallest absolute Gasteiger partial charge is 0.220 e. The molecule has 0 radical (unpaired) electrons. The Morgan fingerprint density at radius 1 is 1.67 bits per heavy atom. The van der Waals surface area contributed by atoms with Gasteiger partial charge >= 0.3 is 0 Å². The van der Waals surface area contributed by atoms with Crippen LogP contribution in [0.25, 0.3) is 0 Å². The molecule has 4 heteroatoms. The highest BCUT2D eigenvalue weighted by atomic mass is 32.1. The highest BCUT2D eigenvalue weighted by molar-refractivity contribution is 7.11. The number of nitrogens with zero attached hydrogens (tertiary/aromatic N) is 1. The molecule has 0 aliphatic carbocycles. The van der Waals surface area contributed by atoms with Crippen LogP contribution in [0.2, 0.25) is 0 Å². The lowest BCUT2D eigenvalue weighted by atomic mass is 9.90. The molecule has 1 aliphatic heterocycles. The van der Waals surface area contributed by atoms with Crippen molar-refractivity contribution >= 4 is 17.2 Å². The van der Waals surface area contributed by atoms with Crippen LogP contribution < -0.4 is 5.32 Å². The van der Waals surface area contributed by atoms with Gasteiger partial charge in [0.1, 0.15) is 0 Å². The molecule has 0 spiro atoms. The molecule has 3 nitrogen and oxygen atoms in total. The van der Waals surface area contributed by atoms with Crippen molar-refractivity contribution in [1.29, 1.82) is 0 Å². The summed E-state index contributed by atoms with van der Waals surface area (Å²) in [5.41, 5.74) is -0.00391. The fourth-order valence-electron chi connectivity index (χ4n) is 2.12. The maximum atomic E-state index is 11.3. The van der Waals surface area contributed by atoms with Crippen LogP contribution in [-0.2, 0) is 11.2 Å². The van der Waals surface area contributed by atoms with E-state index in [0.717, 1.165) is 24.3 Å². The topological polar surface area (TPSA) is 42.0 Å². The van der Waals surface area contributed by atoms with Crippen LogP contribution in [0, 0.1) is 6.92 Å². The van der Waals surface area contributed by atoms with Gasteiger partial charge in [0.25, 0.3) is 0 Å². The Balaban J connectivity index is 2.11. The average molecular weight is 224 g/mol. The van der Waals surface area contributed by atoms with Gasteiger partial charge in [0.15, 0.2) is 0 Å². The Labute approximate surface area is 93.9 Å². The summed E-state index contributed by atoms with van der Waals surface area (Å²) >= 11 is 1.73. The summed E-state index contributed by atoms with van der Waals surface area (Å²) in [6, 6.07) is 0.